The first-order valence-corrected chi connectivity index (χ1v) is 8.68. The second-order valence-corrected chi connectivity index (χ2v) is 7.23. The van der Waals surface area contributed by atoms with E-state index in [0.29, 0.717) is 4.34 Å². The average Bonchev–Trinajstić information content (AvgIpc) is 2.99. The van der Waals surface area contributed by atoms with Crippen molar-refractivity contribution in [3.8, 4) is 0 Å². The number of nitrogens with zero attached hydrogens (tertiary/aromatic N) is 2. The Bertz CT molecular complexity index is 706. The maximum atomic E-state index is 11.7. The predicted molar refractivity (Wildman–Crippen MR) is 91.2 cm³/mol. The molecule has 1 aromatic heterocycles. The fourth-order valence-electron chi connectivity index (χ4n) is 1.51. The van der Waals surface area contributed by atoms with Crippen molar-refractivity contribution in [3.05, 3.63) is 35.9 Å². The molecular weight excluding hydrogens is 352 g/mol. The molecule has 0 saturated carbocycles. The summed E-state index contributed by atoms with van der Waals surface area (Å²) in [7, 11) is 0. The Labute approximate surface area is 146 Å². The van der Waals surface area contributed by atoms with Crippen LogP contribution in [-0.4, -0.2) is 44.6 Å². The number of rotatable bonds is 7. The molecule has 0 radical (unpaired) electrons. The molecule has 0 aliphatic rings. The molecule has 1 heterocycles. The van der Waals surface area contributed by atoms with Gasteiger partial charge in [0.2, 0.25) is 5.13 Å². The van der Waals surface area contributed by atoms with E-state index in [4.69, 9.17) is 5.11 Å². The molecule has 10 heteroatoms. The smallest absolute Gasteiger partial charge is 0.337 e. The largest absolute Gasteiger partial charge is 0.479 e. The number of aromatic nitrogens is 2. The van der Waals surface area contributed by atoms with E-state index in [-0.39, 0.29) is 5.13 Å². The number of aliphatic hydroxyl groups is 1. The maximum absolute atomic E-state index is 11.7. The number of benzene rings is 1. The molecule has 4 N–H and O–H groups in total. The third-order valence-corrected chi connectivity index (χ3v) is 4.93. The highest BCUT2D eigenvalue weighted by atomic mass is 32.2. The van der Waals surface area contributed by atoms with E-state index in [0.717, 1.165) is 18.2 Å². The highest BCUT2D eigenvalue weighted by Crippen LogP contribution is 2.28. The van der Waals surface area contributed by atoms with Crippen LogP contribution < -0.4 is 10.6 Å². The molecule has 24 heavy (non-hydrogen) atoms. The van der Waals surface area contributed by atoms with Gasteiger partial charge in [-0.3, -0.25) is 5.32 Å². The molecule has 0 bridgehead atoms. The number of carboxylic acid groups (broad SMARTS) is 1. The summed E-state index contributed by atoms with van der Waals surface area (Å²) in [6.45, 7) is 0.668. The summed E-state index contributed by atoms with van der Waals surface area (Å²) in [6, 6.07) is 9.22. The van der Waals surface area contributed by atoms with Crippen LogP contribution in [0.1, 0.15) is 12.5 Å². The minimum Gasteiger partial charge on any atom is -0.479 e. The number of anilines is 1. The van der Waals surface area contributed by atoms with E-state index in [1.165, 1.54) is 23.1 Å². The maximum Gasteiger partial charge on any atom is 0.337 e. The van der Waals surface area contributed by atoms with Gasteiger partial charge in [-0.2, -0.15) is 0 Å². The van der Waals surface area contributed by atoms with E-state index in [1.54, 1.807) is 0 Å². The molecule has 0 fully saturated rings. The van der Waals surface area contributed by atoms with Crippen LogP contribution >= 0.6 is 23.1 Å². The number of hydrogen-bond acceptors (Lipinski definition) is 7. The van der Waals surface area contributed by atoms with Gasteiger partial charge in [0.05, 0.1) is 6.54 Å². The number of amides is 2. The van der Waals surface area contributed by atoms with Gasteiger partial charge < -0.3 is 15.5 Å². The first-order valence-electron chi connectivity index (χ1n) is 6.88. The third kappa shape index (κ3) is 5.48. The molecule has 1 atom stereocenters. The Morgan fingerprint density at radius 1 is 1.29 bits per heavy atom. The van der Waals surface area contributed by atoms with Gasteiger partial charge in [0.25, 0.3) is 0 Å². The van der Waals surface area contributed by atoms with Crippen molar-refractivity contribution in [1.29, 1.82) is 0 Å². The van der Waals surface area contributed by atoms with Crippen LogP contribution in [0.4, 0.5) is 9.93 Å². The lowest BCUT2D eigenvalue weighted by Crippen LogP contribution is -2.47. The molecule has 128 valence electrons. The van der Waals surface area contributed by atoms with E-state index >= 15 is 0 Å². The summed E-state index contributed by atoms with van der Waals surface area (Å²) in [5.41, 5.74) is -0.879. The van der Waals surface area contributed by atoms with Crippen molar-refractivity contribution >= 4 is 40.2 Å². The number of carboxylic acids is 1. The van der Waals surface area contributed by atoms with E-state index in [2.05, 4.69) is 20.8 Å². The zero-order chi connectivity index (χ0) is 17.6. The van der Waals surface area contributed by atoms with Crippen LogP contribution in [0.25, 0.3) is 0 Å². The van der Waals surface area contributed by atoms with Crippen molar-refractivity contribution in [1.82, 2.24) is 15.5 Å². The van der Waals surface area contributed by atoms with Crippen LogP contribution in [-0.2, 0) is 10.5 Å². The van der Waals surface area contributed by atoms with Crippen molar-refractivity contribution in [3.63, 3.8) is 0 Å². The highest BCUT2D eigenvalue weighted by Gasteiger charge is 2.30. The van der Waals surface area contributed by atoms with Crippen molar-refractivity contribution in [2.75, 3.05) is 11.9 Å². The number of carbonyl (C=O) groups is 2. The lowest BCUT2D eigenvalue weighted by Gasteiger charge is -2.17. The number of carbonyl (C=O) groups excluding carboxylic acids is 1. The summed E-state index contributed by atoms with van der Waals surface area (Å²) >= 11 is 2.71. The van der Waals surface area contributed by atoms with Gasteiger partial charge in [-0.25, -0.2) is 9.59 Å². The Balaban J connectivity index is 1.80. The van der Waals surface area contributed by atoms with Gasteiger partial charge in [-0.1, -0.05) is 53.4 Å². The molecule has 2 aromatic rings. The van der Waals surface area contributed by atoms with E-state index in [1.807, 2.05) is 30.3 Å². The fourth-order valence-corrected chi connectivity index (χ4v) is 3.21. The van der Waals surface area contributed by atoms with Crippen molar-refractivity contribution < 1.29 is 19.8 Å². The minimum atomic E-state index is -2.03. The topological polar surface area (TPSA) is 124 Å². The number of aliphatic carboxylic acids is 1. The van der Waals surface area contributed by atoms with Gasteiger partial charge in [-0.15, -0.1) is 10.2 Å². The summed E-state index contributed by atoms with van der Waals surface area (Å²) < 4.78 is 0.701. The number of hydrogen-bond donors (Lipinski definition) is 4. The zero-order valence-electron chi connectivity index (χ0n) is 12.7. The third-order valence-electron chi connectivity index (χ3n) is 2.89. The second-order valence-electron chi connectivity index (χ2n) is 5.03. The molecule has 1 unspecified atom stereocenters. The van der Waals surface area contributed by atoms with E-state index < -0.39 is 24.1 Å². The Morgan fingerprint density at radius 2 is 2.00 bits per heavy atom. The number of nitrogens with one attached hydrogen (secondary N) is 2. The average molecular weight is 368 g/mol. The van der Waals surface area contributed by atoms with Crippen LogP contribution in [0.15, 0.2) is 34.7 Å². The molecule has 8 nitrogen and oxygen atoms in total. The zero-order valence-corrected chi connectivity index (χ0v) is 14.4. The molecule has 0 saturated heterocycles. The first kappa shape index (κ1) is 18.2. The summed E-state index contributed by atoms with van der Waals surface area (Å²) in [5, 5.41) is 31.1. The SMILES string of the molecule is CC(O)(CNC(=O)Nc1nnc(SCc2ccccc2)s1)C(=O)O. The molecule has 0 aliphatic heterocycles. The van der Waals surface area contributed by atoms with Crippen LogP contribution in [0.3, 0.4) is 0 Å². The molecular formula is C14H16N4O4S2. The molecule has 0 spiro atoms. The highest BCUT2D eigenvalue weighted by molar-refractivity contribution is 8.00. The predicted octanol–water partition coefficient (Wildman–Crippen LogP) is 1.79. The van der Waals surface area contributed by atoms with E-state index in [9.17, 15) is 14.7 Å². The van der Waals surface area contributed by atoms with Gasteiger partial charge >= 0.3 is 12.0 Å². The van der Waals surface area contributed by atoms with Crippen LogP contribution in [0, 0.1) is 0 Å². The normalized spacial score (nSPS) is 13.1. The Morgan fingerprint density at radius 3 is 2.67 bits per heavy atom. The second kappa shape index (κ2) is 8.08. The summed E-state index contributed by atoms with van der Waals surface area (Å²) in [4.78, 5) is 22.4. The Hall–Kier alpha value is -2.17. The minimum absolute atomic E-state index is 0.290. The summed E-state index contributed by atoms with van der Waals surface area (Å²) in [5.74, 6) is -0.679. The van der Waals surface area contributed by atoms with Crippen molar-refractivity contribution in [2.45, 2.75) is 22.6 Å². The lowest BCUT2D eigenvalue weighted by molar-refractivity contribution is -0.155. The van der Waals surface area contributed by atoms with Gasteiger partial charge in [0.1, 0.15) is 0 Å². The first-order chi connectivity index (χ1) is 11.4. The number of thioether (sulfide) groups is 1. The lowest BCUT2D eigenvalue weighted by atomic mass is 10.1. The van der Waals surface area contributed by atoms with Gasteiger partial charge in [-0.05, 0) is 12.5 Å². The Kier molecular flexibility index (Phi) is 6.12. The number of urea groups is 1. The molecule has 0 aliphatic carbocycles. The van der Waals surface area contributed by atoms with Crippen LogP contribution in [0.2, 0.25) is 0 Å². The molecule has 2 amide bonds. The quantitative estimate of drug-likeness (QED) is 0.434. The molecule has 1 aromatic carbocycles. The van der Waals surface area contributed by atoms with Crippen LogP contribution in [0.5, 0.6) is 0 Å². The fraction of sp³-hybridized carbons (Fsp3) is 0.286. The van der Waals surface area contributed by atoms with Gasteiger partial charge in [0, 0.05) is 5.75 Å². The summed E-state index contributed by atoms with van der Waals surface area (Å²) in [6.07, 6.45) is 0. The monoisotopic (exact) mass is 368 g/mol. The molecule has 2 rings (SSSR count). The van der Waals surface area contributed by atoms with Gasteiger partial charge in [0.15, 0.2) is 9.94 Å². The van der Waals surface area contributed by atoms with Crippen molar-refractivity contribution in [2.24, 2.45) is 0 Å². The standard InChI is InChI=1S/C14H16N4O4S2/c1-14(22,10(19)20)8-15-11(21)16-12-17-18-13(24-12)23-7-9-5-3-2-4-6-9/h2-6,22H,7-8H2,1H3,(H,19,20)(H2,15,16,17,21).